The summed E-state index contributed by atoms with van der Waals surface area (Å²) >= 11 is 9.41. The minimum Gasteiger partial charge on any atom is -0.355 e. The Bertz CT molecular complexity index is 972. The summed E-state index contributed by atoms with van der Waals surface area (Å²) in [6.45, 7) is 3.04. The zero-order chi connectivity index (χ0) is 21.5. The van der Waals surface area contributed by atoms with Crippen LogP contribution in [0, 0.1) is 5.92 Å². The van der Waals surface area contributed by atoms with Gasteiger partial charge in [-0.3, -0.25) is 9.69 Å². The molecule has 31 heavy (non-hydrogen) atoms. The highest BCUT2D eigenvalue weighted by molar-refractivity contribution is 7.98. The molecular weight excluding hydrogens is 452 g/mol. The molecule has 4 rings (SSSR count). The summed E-state index contributed by atoms with van der Waals surface area (Å²) in [5.41, 5.74) is 1.21. The van der Waals surface area contributed by atoms with Gasteiger partial charge < -0.3 is 9.84 Å². The molecule has 1 aromatic carbocycles. The van der Waals surface area contributed by atoms with Crippen LogP contribution in [0.15, 0.2) is 46.3 Å². The summed E-state index contributed by atoms with van der Waals surface area (Å²) in [6.07, 6.45) is 1.71. The molecule has 1 saturated heterocycles. The Balaban J connectivity index is 1.12. The van der Waals surface area contributed by atoms with Crippen molar-refractivity contribution in [3.63, 3.8) is 0 Å². The fraction of sp³-hybridized carbons (Fsp3) is 0.409. The molecule has 0 radical (unpaired) electrons. The maximum Gasteiger partial charge on any atom is 0.241 e. The summed E-state index contributed by atoms with van der Waals surface area (Å²) in [6, 6.07) is 11.9. The number of hydrogen-bond donors (Lipinski definition) is 1. The number of carbonyl (C=O) groups excluding carboxylic acids is 1. The van der Waals surface area contributed by atoms with E-state index in [2.05, 4.69) is 26.4 Å². The molecule has 3 heterocycles. The number of benzene rings is 1. The predicted molar refractivity (Wildman–Crippen MR) is 126 cm³/mol. The lowest BCUT2D eigenvalue weighted by molar-refractivity contribution is -0.126. The van der Waals surface area contributed by atoms with Gasteiger partial charge in [0.15, 0.2) is 0 Å². The number of aromatic nitrogens is 2. The molecule has 0 saturated carbocycles. The van der Waals surface area contributed by atoms with E-state index < -0.39 is 0 Å². The minimum absolute atomic E-state index is 0.0820. The van der Waals surface area contributed by atoms with Gasteiger partial charge in [-0.15, -0.1) is 11.3 Å². The summed E-state index contributed by atoms with van der Waals surface area (Å²) < 4.78 is 5.39. The van der Waals surface area contributed by atoms with E-state index in [9.17, 15) is 4.79 Å². The van der Waals surface area contributed by atoms with E-state index in [0.717, 1.165) is 47.3 Å². The molecule has 0 aliphatic carbocycles. The average molecular weight is 477 g/mol. The van der Waals surface area contributed by atoms with Crippen molar-refractivity contribution in [3.05, 3.63) is 58.3 Å². The maximum absolute atomic E-state index is 12.5. The number of hydrogen-bond acceptors (Lipinski definition) is 7. The third-order valence-electron chi connectivity index (χ3n) is 5.23. The first-order valence-corrected chi connectivity index (χ1v) is 12.8. The summed E-state index contributed by atoms with van der Waals surface area (Å²) in [4.78, 5) is 20.3. The first kappa shape index (κ1) is 22.3. The van der Waals surface area contributed by atoms with Crippen LogP contribution in [-0.2, 0) is 17.1 Å². The first-order chi connectivity index (χ1) is 15.2. The van der Waals surface area contributed by atoms with Crippen LogP contribution in [0.4, 0.5) is 0 Å². The van der Waals surface area contributed by atoms with Gasteiger partial charge in [0.05, 0.1) is 11.4 Å². The fourth-order valence-electron chi connectivity index (χ4n) is 3.58. The molecule has 9 heteroatoms. The Morgan fingerprint density at radius 1 is 1.29 bits per heavy atom. The molecule has 2 aromatic heterocycles. The van der Waals surface area contributed by atoms with E-state index in [4.69, 9.17) is 16.1 Å². The van der Waals surface area contributed by atoms with Crippen LogP contribution in [-0.4, -0.2) is 46.3 Å². The van der Waals surface area contributed by atoms with Gasteiger partial charge in [-0.25, -0.2) is 0 Å². The molecule has 6 nitrogen and oxygen atoms in total. The van der Waals surface area contributed by atoms with Gasteiger partial charge in [0, 0.05) is 29.0 Å². The van der Waals surface area contributed by atoms with Crippen LogP contribution >= 0.6 is 34.7 Å². The van der Waals surface area contributed by atoms with Crippen molar-refractivity contribution in [2.24, 2.45) is 5.92 Å². The largest absolute Gasteiger partial charge is 0.355 e. The van der Waals surface area contributed by atoms with Gasteiger partial charge >= 0.3 is 0 Å². The number of nitrogens with one attached hydrogen (secondary N) is 1. The highest BCUT2D eigenvalue weighted by Gasteiger charge is 2.25. The zero-order valence-electron chi connectivity index (χ0n) is 17.1. The molecule has 164 valence electrons. The molecule has 0 bridgehead atoms. The number of nitrogens with zero attached hydrogens (tertiary/aromatic N) is 3. The summed E-state index contributed by atoms with van der Waals surface area (Å²) in [7, 11) is 0. The lowest BCUT2D eigenvalue weighted by Gasteiger charge is -2.30. The van der Waals surface area contributed by atoms with Gasteiger partial charge in [-0.1, -0.05) is 35.0 Å². The van der Waals surface area contributed by atoms with Gasteiger partial charge in [0.25, 0.3) is 0 Å². The van der Waals surface area contributed by atoms with E-state index in [0.29, 0.717) is 24.8 Å². The molecule has 0 unspecified atom stereocenters. The molecule has 1 aliphatic heterocycles. The normalized spacial score (nSPS) is 15.3. The topological polar surface area (TPSA) is 71.3 Å². The lowest BCUT2D eigenvalue weighted by Crippen LogP contribution is -2.40. The second-order valence-electron chi connectivity index (χ2n) is 7.51. The van der Waals surface area contributed by atoms with Crippen molar-refractivity contribution in [2.45, 2.75) is 25.1 Å². The second kappa shape index (κ2) is 11.1. The van der Waals surface area contributed by atoms with Crippen LogP contribution in [0.3, 0.4) is 0 Å². The summed E-state index contributed by atoms with van der Waals surface area (Å²) in [5, 5.41) is 9.92. The van der Waals surface area contributed by atoms with Crippen molar-refractivity contribution in [1.82, 2.24) is 20.4 Å². The van der Waals surface area contributed by atoms with E-state index >= 15 is 0 Å². The van der Waals surface area contributed by atoms with Crippen LogP contribution in [0.5, 0.6) is 0 Å². The minimum atomic E-state index is 0.0820. The number of halogens is 1. The molecule has 0 atom stereocenters. The first-order valence-electron chi connectivity index (χ1n) is 10.4. The third-order valence-corrected chi connectivity index (χ3v) is 7.36. The Morgan fingerprint density at radius 2 is 2.16 bits per heavy atom. The van der Waals surface area contributed by atoms with E-state index in [1.165, 1.54) is 5.56 Å². The number of carbonyl (C=O) groups is 1. The molecule has 0 spiro atoms. The average Bonchev–Trinajstić information content (AvgIpc) is 3.46. The zero-order valence-corrected chi connectivity index (χ0v) is 19.5. The van der Waals surface area contributed by atoms with E-state index in [-0.39, 0.29) is 11.8 Å². The Kier molecular flexibility index (Phi) is 8.02. The Morgan fingerprint density at radius 3 is 2.94 bits per heavy atom. The number of amides is 1. The fourth-order valence-corrected chi connectivity index (χ4v) is 5.25. The van der Waals surface area contributed by atoms with Gasteiger partial charge in [0.1, 0.15) is 0 Å². The molecule has 1 N–H and O–H groups in total. The van der Waals surface area contributed by atoms with Crippen LogP contribution in [0.25, 0.3) is 10.7 Å². The quantitative estimate of drug-likeness (QED) is 0.451. The third kappa shape index (κ3) is 6.55. The number of rotatable bonds is 9. The highest BCUT2D eigenvalue weighted by atomic mass is 35.5. The number of likely N-dealkylation sites (tertiary alicyclic amines) is 1. The number of thiophene rings is 1. The second-order valence-corrected chi connectivity index (χ2v) is 10.0. The SMILES string of the molecule is O=C(NCCSCc1cccc(Cl)c1)C1CCN(Cc2nc(-c3cccs3)no2)CC1. The van der Waals surface area contributed by atoms with Crippen molar-refractivity contribution >= 4 is 40.6 Å². The van der Waals surface area contributed by atoms with Crippen LogP contribution < -0.4 is 5.32 Å². The predicted octanol–water partition coefficient (Wildman–Crippen LogP) is 4.71. The van der Waals surface area contributed by atoms with Crippen molar-refractivity contribution in [1.29, 1.82) is 0 Å². The van der Waals surface area contributed by atoms with Gasteiger partial charge in [0.2, 0.25) is 17.6 Å². The lowest BCUT2D eigenvalue weighted by atomic mass is 9.96. The van der Waals surface area contributed by atoms with Crippen molar-refractivity contribution < 1.29 is 9.32 Å². The highest BCUT2D eigenvalue weighted by Crippen LogP contribution is 2.23. The molecule has 1 aliphatic rings. The Hall–Kier alpha value is -1.87. The van der Waals surface area contributed by atoms with Crippen LogP contribution in [0.1, 0.15) is 24.3 Å². The van der Waals surface area contributed by atoms with Crippen molar-refractivity contribution in [3.8, 4) is 10.7 Å². The monoisotopic (exact) mass is 476 g/mol. The maximum atomic E-state index is 12.5. The number of thioether (sulfide) groups is 1. The van der Waals surface area contributed by atoms with E-state index in [1.54, 1.807) is 23.1 Å². The summed E-state index contributed by atoms with van der Waals surface area (Å²) in [5.74, 6) is 3.31. The van der Waals surface area contributed by atoms with Crippen molar-refractivity contribution in [2.75, 3.05) is 25.4 Å². The van der Waals surface area contributed by atoms with Gasteiger partial charge in [-0.05, 0) is 55.1 Å². The molecule has 1 amide bonds. The standard InChI is InChI=1S/C22H25ClN4O2S2/c23-18-4-1-3-16(13-18)15-30-12-8-24-22(28)17-6-9-27(10-7-17)14-20-25-21(26-29-20)19-5-2-11-31-19/h1-5,11,13,17H,6-10,12,14-15H2,(H,24,28). The smallest absolute Gasteiger partial charge is 0.241 e. The van der Waals surface area contributed by atoms with E-state index in [1.807, 2.05) is 35.7 Å². The molecule has 1 fully saturated rings. The number of piperidine rings is 1. The van der Waals surface area contributed by atoms with Gasteiger partial charge in [-0.2, -0.15) is 16.7 Å². The Labute approximate surface area is 195 Å². The molecular formula is C22H25ClN4O2S2. The van der Waals surface area contributed by atoms with Crippen LogP contribution in [0.2, 0.25) is 5.02 Å². The molecule has 3 aromatic rings.